The fourth-order valence-corrected chi connectivity index (χ4v) is 2.16. The first-order valence-corrected chi connectivity index (χ1v) is 6.82. The lowest BCUT2D eigenvalue weighted by atomic mass is 10.1. The molecule has 1 heterocycles. The molecule has 2 rings (SSSR count). The number of benzene rings is 1. The van der Waals surface area contributed by atoms with Crippen molar-refractivity contribution in [2.75, 3.05) is 12.4 Å². The van der Waals surface area contributed by atoms with E-state index in [0.717, 1.165) is 6.07 Å². The summed E-state index contributed by atoms with van der Waals surface area (Å²) in [7, 11) is 1.43. The van der Waals surface area contributed by atoms with Crippen molar-refractivity contribution < 1.29 is 14.0 Å². The third-order valence-corrected chi connectivity index (χ3v) is 3.30. The minimum Gasteiger partial charge on any atom is -0.355 e. The van der Waals surface area contributed by atoms with Crippen molar-refractivity contribution in [2.24, 2.45) is 0 Å². The molecule has 0 aliphatic carbocycles. The summed E-state index contributed by atoms with van der Waals surface area (Å²) in [5, 5.41) is 4.85. The van der Waals surface area contributed by atoms with E-state index in [1.54, 1.807) is 0 Å². The molecule has 2 N–H and O–H groups in total. The van der Waals surface area contributed by atoms with Gasteiger partial charge >= 0.3 is 0 Å². The lowest BCUT2D eigenvalue weighted by Gasteiger charge is -2.11. The monoisotopic (exact) mass is 341 g/mol. The van der Waals surface area contributed by atoms with Crippen LogP contribution in [0.25, 0.3) is 0 Å². The average Bonchev–Trinajstić information content (AvgIpc) is 2.46. The largest absolute Gasteiger partial charge is 0.355 e. The van der Waals surface area contributed by atoms with Gasteiger partial charge in [-0.1, -0.05) is 29.3 Å². The molecular formula is C14H10Cl2FN3O2. The van der Waals surface area contributed by atoms with E-state index in [1.807, 2.05) is 0 Å². The molecule has 0 saturated carbocycles. The van der Waals surface area contributed by atoms with Crippen molar-refractivity contribution in [2.45, 2.75) is 0 Å². The molecule has 0 aliphatic heterocycles. The fraction of sp³-hybridized carbons (Fsp3) is 0.0714. The van der Waals surface area contributed by atoms with Crippen molar-refractivity contribution in [1.29, 1.82) is 0 Å². The van der Waals surface area contributed by atoms with E-state index in [0.29, 0.717) is 0 Å². The second kappa shape index (κ2) is 6.72. The Labute approximate surface area is 135 Å². The van der Waals surface area contributed by atoms with E-state index < -0.39 is 17.6 Å². The third kappa shape index (κ3) is 3.35. The van der Waals surface area contributed by atoms with Gasteiger partial charge in [-0.2, -0.15) is 0 Å². The molecular weight excluding hydrogens is 332 g/mol. The summed E-state index contributed by atoms with van der Waals surface area (Å²) in [5.74, 6) is -2.04. The maximum atomic E-state index is 13.7. The summed E-state index contributed by atoms with van der Waals surface area (Å²) in [6, 6.07) is 5.17. The summed E-state index contributed by atoms with van der Waals surface area (Å²) in [5.41, 5.74) is -0.128. The molecule has 0 fully saturated rings. The number of carbonyl (C=O) groups is 2. The number of pyridine rings is 1. The SMILES string of the molecule is CNC(=O)c1cnc(Cl)cc1NC(=O)c1c(F)cccc1Cl. The first kappa shape index (κ1) is 16.2. The maximum absolute atomic E-state index is 13.7. The van der Waals surface area contributed by atoms with Gasteiger partial charge in [0.15, 0.2) is 0 Å². The molecule has 5 nitrogen and oxygen atoms in total. The van der Waals surface area contributed by atoms with Crippen molar-refractivity contribution in [3.63, 3.8) is 0 Å². The molecule has 22 heavy (non-hydrogen) atoms. The van der Waals surface area contributed by atoms with Gasteiger partial charge in [-0.3, -0.25) is 9.59 Å². The van der Waals surface area contributed by atoms with E-state index in [-0.39, 0.29) is 27.0 Å². The topological polar surface area (TPSA) is 71.1 Å². The minimum atomic E-state index is -0.796. The Morgan fingerprint density at radius 2 is 1.95 bits per heavy atom. The number of halogens is 3. The lowest BCUT2D eigenvalue weighted by molar-refractivity contribution is 0.0963. The van der Waals surface area contributed by atoms with Crippen LogP contribution in [-0.2, 0) is 0 Å². The number of nitrogens with one attached hydrogen (secondary N) is 2. The number of rotatable bonds is 3. The second-order valence-electron chi connectivity index (χ2n) is 4.18. The summed E-state index contributed by atoms with van der Waals surface area (Å²) >= 11 is 11.6. The smallest absolute Gasteiger partial charge is 0.260 e. The summed E-state index contributed by atoms with van der Waals surface area (Å²) in [6.07, 6.45) is 1.21. The predicted molar refractivity (Wildman–Crippen MR) is 82.0 cm³/mol. The van der Waals surface area contributed by atoms with E-state index in [4.69, 9.17) is 23.2 Å². The standard InChI is InChI=1S/C14H10Cl2FN3O2/c1-18-13(21)7-6-19-11(16)5-10(7)20-14(22)12-8(15)3-2-4-9(12)17/h2-6H,1H3,(H,18,21)(H,19,20,22). The number of nitrogens with zero attached hydrogens (tertiary/aromatic N) is 1. The van der Waals surface area contributed by atoms with Crippen molar-refractivity contribution in [3.05, 3.63) is 57.6 Å². The van der Waals surface area contributed by atoms with E-state index in [2.05, 4.69) is 15.6 Å². The van der Waals surface area contributed by atoms with Crippen LogP contribution in [0.15, 0.2) is 30.5 Å². The molecule has 0 aliphatic rings. The summed E-state index contributed by atoms with van der Waals surface area (Å²) in [4.78, 5) is 27.7. The van der Waals surface area contributed by atoms with E-state index >= 15 is 0 Å². The number of carbonyl (C=O) groups excluding carboxylic acids is 2. The molecule has 0 unspecified atom stereocenters. The fourth-order valence-electron chi connectivity index (χ4n) is 1.75. The normalized spacial score (nSPS) is 10.2. The van der Waals surface area contributed by atoms with Gasteiger partial charge in [0.05, 0.1) is 21.8 Å². The number of anilines is 1. The molecule has 1 aromatic carbocycles. The molecule has 0 spiro atoms. The predicted octanol–water partition coefficient (Wildman–Crippen LogP) is 3.14. The number of hydrogen-bond donors (Lipinski definition) is 2. The van der Waals surface area contributed by atoms with Crippen LogP contribution in [0.3, 0.4) is 0 Å². The van der Waals surface area contributed by atoms with Gasteiger partial charge < -0.3 is 10.6 Å². The van der Waals surface area contributed by atoms with Crippen LogP contribution < -0.4 is 10.6 Å². The molecule has 0 bridgehead atoms. The number of hydrogen-bond acceptors (Lipinski definition) is 3. The van der Waals surface area contributed by atoms with Crippen molar-refractivity contribution in [1.82, 2.24) is 10.3 Å². The Morgan fingerprint density at radius 1 is 1.23 bits per heavy atom. The van der Waals surface area contributed by atoms with Crippen LogP contribution in [0.1, 0.15) is 20.7 Å². The quantitative estimate of drug-likeness (QED) is 0.842. The van der Waals surface area contributed by atoms with Gasteiger partial charge in [0.1, 0.15) is 11.0 Å². The van der Waals surface area contributed by atoms with Gasteiger partial charge in [-0.05, 0) is 18.2 Å². The summed E-state index contributed by atoms with van der Waals surface area (Å²) < 4.78 is 13.7. The van der Waals surface area contributed by atoms with E-state index in [9.17, 15) is 14.0 Å². The Balaban J connectivity index is 2.40. The van der Waals surface area contributed by atoms with Crippen molar-refractivity contribution in [3.8, 4) is 0 Å². The first-order valence-electron chi connectivity index (χ1n) is 6.07. The molecule has 1 aromatic heterocycles. The molecule has 8 heteroatoms. The van der Waals surface area contributed by atoms with Crippen LogP contribution in [0, 0.1) is 5.82 Å². The van der Waals surface area contributed by atoms with E-state index in [1.165, 1.54) is 31.4 Å². The van der Waals surface area contributed by atoms with Crippen molar-refractivity contribution >= 4 is 40.7 Å². The molecule has 2 amide bonds. The van der Waals surface area contributed by atoms with Gasteiger partial charge in [0.25, 0.3) is 11.8 Å². The molecule has 0 radical (unpaired) electrons. The highest BCUT2D eigenvalue weighted by atomic mass is 35.5. The van der Waals surface area contributed by atoms with Crippen LogP contribution in [-0.4, -0.2) is 23.8 Å². The van der Waals surface area contributed by atoms with Crippen LogP contribution in [0.5, 0.6) is 0 Å². The Hall–Kier alpha value is -2.18. The van der Waals surface area contributed by atoms with Crippen LogP contribution >= 0.6 is 23.2 Å². The Kier molecular flexibility index (Phi) is 4.95. The zero-order valence-corrected chi connectivity index (χ0v) is 12.8. The first-order chi connectivity index (χ1) is 10.4. The lowest BCUT2D eigenvalue weighted by Crippen LogP contribution is -2.22. The van der Waals surface area contributed by atoms with Gasteiger partial charge in [0.2, 0.25) is 0 Å². The highest BCUT2D eigenvalue weighted by molar-refractivity contribution is 6.34. The number of aromatic nitrogens is 1. The maximum Gasteiger partial charge on any atom is 0.260 e. The number of amides is 2. The molecule has 0 saturated heterocycles. The summed E-state index contributed by atoms with van der Waals surface area (Å²) in [6.45, 7) is 0. The second-order valence-corrected chi connectivity index (χ2v) is 4.98. The minimum absolute atomic E-state index is 0.0425. The zero-order valence-electron chi connectivity index (χ0n) is 11.3. The molecule has 0 atom stereocenters. The highest BCUT2D eigenvalue weighted by Crippen LogP contribution is 2.23. The Bertz CT molecular complexity index is 733. The Morgan fingerprint density at radius 3 is 2.59 bits per heavy atom. The third-order valence-electron chi connectivity index (χ3n) is 2.78. The molecule has 2 aromatic rings. The molecule has 114 valence electrons. The highest BCUT2D eigenvalue weighted by Gasteiger charge is 2.19. The average molecular weight is 342 g/mol. The zero-order chi connectivity index (χ0) is 16.3. The van der Waals surface area contributed by atoms with Crippen LogP contribution in [0.2, 0.25) is 10.2 Å². The van der Waals surface area contributed by atoms with Crippen LogP contribution in [0.4, 0.5) is 10.1 Å². The van der Waals surface area contributed by atoms with Gasteiger partial charge in [-0.15, -0.1) is 0 Å². The van der Waals surface area contributed by atoms with Gasteiger partial charge in [0, 0.05) is 13.2 Å². The van der Waals surface area contributed by atoms with Gasteiger partial charge in [-0.25, -0.2) is 9.37 Å².